The molecule has 2 aromatic carbocycles. The third-order valence-electron chi connectivity index (χ3n) is 2.89. The first-order valence-electron chi connectivity index (χ1n) is 6.07. The van der Waals surface area contributed by atoms with E-state index in [4.69, 9.17) is 22.1 Å². The topological polar surface area (TPSA) is 64.3 Å². The van der Waals surface area contributed by atoms with Crippen molar-refractivity contribution in [1.29, 1.82) is 0 Å². The van der Waals surface area contributed by atoms with Gasteiger partial charge in [-0.3, -0.25) is 4.79 Å². The number of amides is 1. The van der Waals surface area contributed by atoms with Gasteiger partial charge in [0.25, 0.3) is 5.91 Å². The maximum absolute atomic E-state index is 12.0. The van der Waals surface area contributed by atoms with Crippen LogP contribution >= 0.6 is 11.6 Å². The van der Waals surface area contributed by atoms with Gasteiger partial charge < -0.3 is 15.8 Å². The monoisotopic (exact) mass is 290 g/mol. The van der Waals surface area contributed by atoms with E-state index in [-0.39, 0.29) is 10.9 Å². The highest BCUT2D eigenvalue weighted by Crippen LogP contribution is 2.22. The van der Waals surface area contributed by atoms with Crippen LogP contribution in [-0.4, -0.2) is 13.0 Å². The molecule has 0 aliphatic carbocycles. The molecule has 5 heteroatoms. The Morgan fingerprint density at radius 2 is 1.95 bits per heavy atom. The lowest BCUT2D eigenvalue weighted by Gasteiger charge is -2.08. The molecule has 0 aliphatic rings. The van der Waals surface area contributed by atoms with E-state index in [0.717, 1.165) is 11.3 Å². The third kappa shape index (κ3) is 3.22. The number of anilines is 1. The van der Waals surface area contributed by atoms with Crippen molar-refractivity contribution in [2.24, 2.45) is 0 Å². The van der Waals surface area contributed by atoms with Crippen LogP contribution in [0.25, 0.3) is 0 Å². The van der Waals surface area contributed by atoms with Gasteiger partial charge in [0.2, 0.25) is 0 Å². The first kappa shape index (κ1) is 14.2. The summed E-state index contributed by atoms with van der Waals surface area (Å²) in [6.45, 7) is 0.411. The fraction of sp³-hybridized carbons (Fsp3) is 0.133. The van der Waals surface area contributed by atoms with Crippen LogP contribution in [0.3, 0.4) is 0 Å². The fourth-order valence-electron chi connectivity index (χ4n) is 1.75. The second kappa shape index (κ2) is 6.30. The Balaban J connectivity index is 2.02. The van der Waals surface area contributed by atoms with Crippen molar-refractivity contribution >= 4 is 23.2 Å². The Morgan fingerprint density at radius 3 is 2.60 bits per heavy atom. The Bertz CT molecular complexity index is 612. The number of hydrogen-bond donors (Lipinski definition) is 2. The molecule has 0 fully saturated rings. The van der Waals surface area contributed by atoms with Crippen LogP contribution in [-0.2, 0) is 6.54 Å². The summed E-state index contributed by atoms with van der Waals surface area (Å²) in [5, 5.41) is 3.08. The average Bonchev–Trinajstić information content (AvgIpc) is 2.48. The minimum atomic E-state index is -0.252. The first-order valence-corrected chi connectivity index (χ1v) is 6.44. The maximum atomic E-state index is 12.0. The van der Waals surface area contributed by atoms with Crippen LogP contribution in [0, 0.1) is 0 Å². The average molecular weight is 291 g/mol. The summed E-state index contributed by atoms with van der Waals surface area (Å²) >= 11 is 6.01. The molecular weight excluding hydrogens is 276 g/mol. The second-order valence-corrected chi connectivity index (χ2v) is 4.62. The number of ether oxygens (including phenoxy) is 1. The normalized spacial score (nSPS) is 10.1. The number of nitrogens with one attached hydrogen (secondary N) is 1. The van der Waals surface area contributed by atoms with E-state index in [1.54, 1.807) is 25.3 Å². The smallest absolute Gasteiger partial charge is 0.253 e. The highest BCUT2D eigenvalue weighted by atomic mass is 35.5. The van der Waals surface area contributed by atoms with Gasteiger partial charge >= 0.3 is 0 Å². The molecule has 0 heterocycles. The molecule has 0 saturated carbocycles. The minimum Gasteiger partial charge on any atom is -0.497 e. The van der Waals surface area contributed by atoms with Crippen molar-refractivity contribution in [2.75, 3.05) is 12.8 Å². The molecule has 3 N–H and O–H groups in total. The Hall–Kier alpha value is -2.20. The molecule has 104 valence electrons. The minimum absolute atomic E-state index is 0.252. The maximum Gasteiger partial charge on any atom is 0.253 e. The summed E-state index contributed by atoms with van der Waals surface area (Å²) in [6.07, 6.45) is 0. The van der Waals surface area contributed by atoms with Gasteiger partial charge in [0, 0.05) is 6.54 Å². The largest absolute Gasteiger partial charge is 0.497 e. The van der Waals surface area contributed by atoms with E-state index < -0.39 is 0 Å². The van der Waals surface area contributed by atoms with E-state index in [1.165, 1.54) is 0 Å². The van der Waals surface area contributed by atoms with E-state index in [9.17, 15) is 4.79 Å². The molecular formula is C15H15ClN2O2. The van der Waals surface area contributed by atoms with Crippen LogP contribution in [0.5, 0.6) is 5.75 Å². The number of hydrogen-bond acceptors (Lipinski definition) is 3. The Labute approximate surface area is 122 Å². The number of rotatable bonds is 4. The van der Waals surface area contributed by atoms with Gasteiger partial charge in [-0.05, 0) is 29.8 Å². The zero-order valence-corrected chi connectivity index (χ0v) is 11.8. The van der Waals surface area contributed by atoms with E-state index in [1.807, 2.05) is 24.3 Å². The van der Waals surface area contributed by atoms with Gasteiger partial charge in [-0.25, -0.2) is 0 Å². The third-order valence-corrected chi connectivity index (χ3v) is 3.31. The van der Waals surface area contributed by atoms with Gasteiger partial charge in [0.1, 0.15) is 5.75 Å². The number of carbonyl (C=O) groups is 1. The van der Waals surface area contributed by atoms with Crippen LogP contribution in [0.1, 0.15) is 15.9 Å². The molecule has 0 aromatic heterocycles. The predicted molar refractivity (Wildman–Crippen MR) is 80.0 cm³/mol. The van der Waals surface area contributed by atoms with Gasteiger partial charge in [0.05, 0.1) is 23.4 Å². The molecule has 0 bridgehead atoms. The standard InChI is InChI=1S/C15H15ClN2O2/c1-20-11-7-5-10(6-8-11)9-18-15(19)12-3-2-4-13(17)14(12)16/h2-8H,9,17H2,1H3,(H,18,19). The highest BCUT2D eigenvalue weighted by Gasteiger charge is 2.11. The molecule has 2 aromatic rings. The van der Waals surface area contributed by atoms with Crippen LogP contribution in [0.15, 0.2) is 42.5 Å². The SMILES string of the molecule is COc1ccc(CNC(=O)c2cccc(N)c2Cl)cc1. The zero-order chi connectivity index (χ0) is 14.5. The molecule has 0 radical (unpaired) electrons. The van der Waals surface area contributed by atoms with Crippen molar-refractivity contribution in [3.05, 3.63) is 58.6 Å². The molecule has 2 rings (SSSR count). The zero-order valence-electron chi connectivity index (χ0n) is 11.0. The molecule has 0 atom stereocenters. The predicted octanol–water partition coefficient (Wildman–Crippen LogP) is 2.86. The molecule has 20 heavy (non-hydrogen) atoms. The van der Waals surface area contributed by atoms with E-state index in [0.29, 0.717) is 17.8 Å². The molecule has 0 spiro atoms. The molecule has 4 nitrogen and oxygen atoms in total. The van der Waals surface area contributed by atoms with Crippen molar-refractivity contribution in [2.45, 2.75) is 6.54 Å². The number of carbonyl (C=O) groups excluding carboxylic acids is 1. The number of halogens is 1. The second-order valence-electron chi connectivity index (χ2n) is 4.24. The summed E-state index contributed by atoms with van der Waals surface area (Å²) < 4.78 is 5.07. The molecule has 0 unspecified atom stereocenters. The van der Waals surface area contributed by atoms with E-state index >= 15 is 0 Å². The van der Waals surface area contributed by atoms with E-state index in [2.05, 4.69) is 5.32 Å². The Morgan fingerprint density at radius 1 is 1.25 bits per heavy atom. The Kier molecular flexibility index (Phi) is 4.48. The summed E-state index contributed by atoms with van der Waals surface area (Å²) in [6, 6.07) is 12.5. The van der Waals surface area contributed by atoms with Gasteiger partial charge in [-0.1, -0.05) is 29.8 Å². The van der Waals surface area contributed by atoms with Crippen molar-refractivity contribution < 1.29 is 9.53 Å². The van der Waals surface area contributed by atoms with Crippen molar-refractivity contribution in [3.8, 4) is 5.75 Å². The summed E-state index contributed by atoms with van der Waals surface area (Å²) in [5.41, 5.74) is 7.41. The number of benzene rings is 2. The van der Waals surface area contributed by atoms with Crippen molar-refractivity contribution in [3.63, 3.8) is 0 Å². The molecule has 1 amide bonds. The lowest BCUT2D eigenvalue weighted by Crippen LogP contribution is -2.23. The van der Waals surface area contributed by atoms with Gasteiger partial charge in [-0.15, -0.1) is 0 Å². The number of nitrogen functional groups attached to an aromatic ring is 1. The van der Waals surface area contributed by atoms with Gasteiger partial charge in [0.15, 0.2) is 0 Å². The number of methoxy groups -OCH3 is 1. The quantitative estimate of drug-likeness (QED) is 0.851. The highest BCUT2D eigenvalue weighted by molar-refractivity contribution is 6.36. The summed E-state index contributed by atoms with van der Waals surface area (Å²) in [5.74, 6) is 0.525. The van der Waals surface area contributed by atoms with Crippen LogP contribution < -0.4 is 15.8 Å². The lowest BCUT2D eigenvalue weighted by molar-refractivity contribution is 0.0951. The first-order chi connectivity index (χ1) is 9.61. The van der Waals surface area contributed by atoms with Gasteiger partial charge in [-0.2, -0.15) is 0 Å². The fourth-order valence-corrected chi connectivity index (χ4v) is 1.96. The van der Waals surface area contributed by atoms with Crippen LogP contribution in [0.4, 0.5) is 5.69 Å². The summed E-state index contributed by atoms with van der Waals surface area (Å²) in [7, 11) is 1.61. The number of nitrogens with two attached hydrogens (primary N) is 1. The van der Waals surface area contributed by atoms with Crippen molar-refractivity contribution in [1.82, 2.24) is 5.32 Å². The lowest BCUT2D eigenvalue weighted by atomic mass is 10.1. The molecule has 0 aliphatic heterocycles. The summed E-state index contributed by atoms with van der Waals surface area (Å²) in [4.78, 5) is 12.0. The van der Waals surface area contributed by atoms with Crippen LogP contribution in [0.2, 0.25) is 5.02 Å². The molecule has 0 saturated heterocycles.